The summed E-state index contributed by atoms with van der Waals surface area (Å²) in [6, 6.07) is 21.7. The molecule has 242 valence electrons. The molecule has 3 aromatic rings. The zero-order valence-electron chi connectivity index (χ0n) is 26.2. The summed E-state index contributed by atoms with van der Waals surface area (Å²) in [4.78, 5) is 29.5. The molecule has 1 fully saturated rings. The summed E-state index contributed by atoms with van der Waals surface area (Å²) < 4.78 is 47.5. The first-order chi connectivity index (χ1) is 21.7. The van der Waals surface area contributed by atoms with Gasteiger partial charge >= 0.3 is 0 Å². The number of ether oxygens (including phenoxy) is 1. The zero-order chi connectivity index (χ0) is 32.2. The minimum atomic E-state index is -3.70. The summed E-state index contributed by atoms with van der Waals surface area (Å²) in [7, 11) is -3.70. The third-order valence-corrected chi connectivity index (χ3v) is 9.29. The van der Waals surface area contributed by atoms with E-state index in [1.165, 1.54) is 15.3 Å². The van der Waals surface area contributed by atoms with Gasteiger partial charge in [0.05, 0.1) is 18.6 Å². The number of rotatable bonds is 15. The van der Waals surface area contributed by atoms with E-state index in [9.17, 15) is 22.4 Å². The fourth-order valence-electron chi connectivity index (χ4n) is 5.83. The van der Waals surface area contributed by atoms with Crippen molar-refractivity contribution in [3.8, 4) is 5.75 Å². The van der Waals surface area contributed by atoms with Crippen LogP contribution in [0.4, 0.5) is 10.1 Å². The number of nitrogens with one attached hydrogen (secondary N) is 1. The third kappa shape index (κ3) is 9.78. The topological polar surface area (TPSA) is 96.0 Å². The van der Waals surface area contributed by atoms with E-state index in [2.05, 4.69) is 5.32 Å². The van der Waals surface area contributed by atoms with Crippen LogP contribution in [0.3, 0.4) is 0 Å². The van der Waals surface area contributed by atoms with Crippen molar-refractivity contribution in [1.29, 1.82) is 0 Å². The second-order valence-electron chi connectivity index (χ2n) is 11.5. The Morgan fingerprint density at radius 3 is 2.31 bits per heavy atom. The van der Waals surface area contributed by atoms with Crippen molar-refractivity contribution in [3.63, 3.8) is 0 Å². The minimum Gasteiger partial charge on any atom is -0.492 e. The number of para-hydroxylation sites is 2. The molecule has 0 aromatic heterocycles. The molecule has 3 aromatic carbocycles. The highest BCUT2D eigenvalue weighted by Gasteiger charge is 2.32. The second-order valence-corrected chi connectivity index (χ2v) is 13.4. The molecule has 0 radical (unpaired) electrons. The van der Waals surface area contributed by atoms with Crippen molar-refractivity contribution in [3.05, 3.63) is 95.8 Å². The van der Waals surface area contributed by atoms with Gasteiger partial charge in [0.1, 0.15) is 17.6 Å². The number of halogens is 1. The molecule has 0 bridgehead atoms. The number of nitrogens with zero attached hydrogens (tertiary/aromatic N) is 2. The summed E-state index contributed by atoms with van der Waals surface area (Å²) in [6.45, 7) is 2.12. The van der Waals surface area contributed by atoms with E-state index in [0.29, 0.717) is 23.6 Å². The average Bonchev–Trinajstić information content (AvgIpc) is 3.03. The van der Waals surface area contributed by atoms with Gasteiger partial charge in [0, 0.05) is 37.5 Å². The first-order valence-corrected chi connectivity index (χ1v) is 17.6. The fraction of sp³-hybridized carbons (Fsp3) is 0.429. The van der Waals surface area contributed by atoms with E-state index in [4.69, 9.17) is 4.74 Å². The van der Waals surface area contributed by atoms with Crippen LogP contribution < -0.4 is 14.4 Å². The van der Waals surface area contributed by atoms with Gasteiger partial charge in [0.15, 0.2) is 0 Å². The summed E-state index contributed by atoms with van der Waals surface area (Å²) >= 11 is 0. The molecule has 1 N–H and O–H groups in total. The minimum absolute atomic E-state index is 0.0276. The van der Waals surface area contributed by atoms with Gasteiger partial charge in [-0.05, 0) is 49.9 Å². The van der Waals surface area contributed by atoms with Gasteiger partial charge in [0.25, 0.3) is 0 Å². The van der Waals surface area contributed by atoms with E-state index in [1.807, 2.05) is 37.3 Å². The van der Waals surface area contributed by atoms with Crippen molar-refractivity contribution < 1.29 is 27.1 Å². The molecule has 1 saturated carbocycles. The Balaban J connectivity index is 1.60. The second kappa shape index (κ2) is 16.4. The standard InChI is InChI=1S/C35H44FN3O5S/c1-3-44-33-22-13-12-21-31(33)39(45(2,42)43)24-14-23-34(40)38(26-28-17-10-11-20-30(28)36)32(25-27-15-6-4-7-16-27)35(41)37-29-18-8-5-9-19-29/h4,6-7,10-13,15-17,20-22,29,32H,3,5,8-9,14,18-19,23-26H2,1-2H3,(H,37,41)/t32-/m1/s1. The molecule has 0 spiro atoms. The lowest BCUT2D eigenvalue weighted by Gasteiger charge is -2.34. The zero-order valence-corrected chi connectivity index (χ0v) is 27.0. The van der Waals surface area contributed by atoms with Crippen molar-refractivity contribution in [1.82, 2.24) is 10.2 Å². The molecule has 8 nitrogen and oxygen atoms in total. The molecular weight excluding hydrogens is 593 g/mol. The van der Waals surface area contributed by atoms with E-state index in [0.717, 1.165) is 43.9 Å². The van der Waals surface area contributed by atoms with Crippen LogP contribution in [0.25, 0.3) is 0 Å². The average molecular weight is 638 g/mol. The molecule has 1 atom stereocenters. The number of hydrogen-bond donors (Lipinski definition) is 1. The Morgan fingerprint density at radius 1 is 0.956 bits per heavy atom. The maximum atomic E-state index is 14.9. The third-order valence-electron chi connectivity index (χ3n) is 8.11. The first-order valence-electron chi connectivity index (χ1n) is 15.7. The number of sulfonamides is 1. The molecule has 0 heterocycles. The van der Waals surface area contributed by atoms with E-state index >= 15 is 0 Å². The molecule has 10 heteroatoms. The van der Waals surface area contributed by atoms with Crippen molar-refractivity contribution in [2.45, 2.75) is 76.9 Å². The van der Waals surface area contributed by atoms with Crippen LogP contribution in [0.5, 0.6) is 5.75 Å². The van der Waals surface area contributed by atoms with Crippen LogP contribution in [0.2, 0.25) is 0 Å². The molecule has 2 amide bonds. The van der Waals surface area contributed by atoms with E-state index in [1.54, 1.807) is 42.5 Å². The Bertz CT molecular complexity index is 1510. The van der Waals surface area contributed by atoms with Gasteiger partial charge in [-0.1, -0.05) is 79.9 Å². The van der Waals surface area contributed by atoms with Gasteiger partial charge < -0.3 is 15.0 Å². The molecule has 4 rings (SSSR count). The number of carbonyl (C=O) groups is 2. The lowest BCUT2D eigenvalue weighted by Crippen LogP contribution is -2.53. The largest absolute Gasteiger partial charge is 0.492 e. The fourth-order valence-corrected chi connectivity index (χ4v) is 6.80. The van der Waals surface area contributed by atoms with Crippen LogP contribution >= 0.6 is 0 Å². The highest BCUT2D eigenvalue weighted by Crippen LogP contribution is 2.30. The SMILES string of the molecule is CCOc1ccccc1N(CCCC(=O)N(Cc1ccccc1F)[C@H](Cc1ccccc1)C(=O)NC1CCCCC1)S(C)(=O)=O. The number of carbonyl (C=O) groups excluding carboxylic acids is 2. The molecule has 1 aliphatic carbocycles. The summed E-state index contributed by atoms with van der Waals surface area (Å²) in [5, 5.41) is 3.18. The maximum absolute atomic E-state index is 14.9. The summed E-state index contributed by atoms with van der Waals surface area (Å²) in [5.41, 5.74) is 1.58. The lowest BCUT2D eigenvalue weighted by molar-refractivity contribution is -0.141. The molecule has 1 aliphatic rings. The van der Waals surface area contributed by atoms with Gasteiger partial charge in [-0.15, -0.1) is 0 Å². The first kappa shape index (κ1) is 34.0. The van der Waals surface area contributed by atoms with E-state index < -0.39 is 21.9 Å². The Morgan fingerprint density at radius 2 is 1.62 bits per heavy atom. The van der Waals surface area contributed by atoms with Crippen molar-refractivity contribution in [2.75, 3.05) is 23.7 Å². The summed E-state index contributed by atoms with van der Waals surface area (Å²) in [5.74, 6) is -0.652. The maximum Gasteiger partial charge on any atom is 0.243 e. The smallest absolute Gasteiger partial charge is 0.243 e. The van der Waals surface area contributed by atoms with E-state index in [-0.39, 0.29) is 50.2 Å². The van der Waals surface area contributed by atoms with Crippen molar-refractivity contribution >= 4 is 27.5 Å². The van der Waals surface area contributed by atoms with Gasteiger partial charge in [-0.2, -0.15) is 0 Å². The van der Waals surface area contributed by atoms with Gasteiger partial charge in [0.2, 0.25) is 21.8 Å². The highest BCUT2D eigenvalue weighted by atomic mass is 32.2. The number of hydrogen-bond acceptors (Lipinski definition) is 5. The number of amides is 2. The molecule has 45 heavy (non-hydrogen) atoms. The predicted molar refractivity (Wildman–Crippen MR) is 175 cm³/mol. The Labute approximate surface area is 266 Å². The normalized spacial score (nSPS) is 14.4. The molecular formula is C35H44FN3O5S. The number of anilines is 1. The molecule has 0 saturated heterocycles. The van der Waals surface area contributed by atoms with Gasteiger partial charge in [-0.3, -0.25) is 13.9 Å². The highest BCUT2D eigenvalue weighted by molar-refractivity contribution is 7.92. The lowest BCUT2D eigenvalue weighted by atomic mass is 9.94. The van der Waals surface area contributed by atoms with Crippen LogP contribution in [-0.2, 0) is 32.6 Å². The van der Waals surface area contributed by atoms with Crippen LogP contribution in [0.15, 0.2) is 78.9 Å². The van der Waals surface area contributed by atoms with Crippen LogP contribution in [0, 0.1) is 5.82 Å². The van der Waals surface area contributed by atoms with Crippen molar-refractivity contribution in [2.24, 2.45) is 0 Å². The quantitative estimate of drug-likeness (QED) is 0.225. The Kier molecular flexibility index (Phi) is 12.4. The number of benzene rings is 3. The monoisotopic (exact) mass is 637 g/mol. The Hall–Kier alpha value is -3.92. The predicted octanol–water partition coefficient (Wildman–Crippen LogP) is 5.86. The summed E-state index contributed by atoms with van der Waals surface area (Å²) in [6.07, 6.45) is 6.50. The molecule has 0 aliphatic heterocycles. The van der Waals surface area contributed by atoms with Gasteiger partial charge in [-0.25, -0.2) is 12.8 Å². The van der Waals surface area contributed by atoms with Crippen LogP contribution in [-0.4, -0.2) is 56.6 Å². The molecule has 0 unspecified atom stereocenters. The van der Waals surface area contributed by atoms with Crippen LogP contribution in [0.1, 0.15) is 63.0 Å².